The van der Waals surface area contributed by atoms with Gasteiger partial charge in [-0.3, -0.25) is 5.10 Å². The van der Waals surface area contributed by atoms with Crippen LogP contribution in [0.2, 0.25) is 0 Å². The van der Waals surface area contributed by atoms with Gasteiger partial charge < -0.3 is 4.74 Å². The zero-order valence-electron chi connectivity index (χ0n) is 12.6. The number of H-pyrrole nitrogens is 1. The molecule has 0 saturated carbocycles. The van der Waals surface area contributed by atoms with Crippen LogP contribution in [0.15, 0.2) is 60.8 Å². The summed E-state index contributed by atoms with van der Waals surface area (Å²) in [5.74, 6) is 0.787. The smallest absolute Gasteiger partial charge is 0.156 e. The number of hydrogen-bond acceptors (Lipinski definition) is 3. The van der Waals surface area contributed by atoms with E-state index in [9.17, 15) is 0 Å². The number of nitrogens with one attached hydrogen (secondary N) is 1. The average Bonchev–Trinajstić information content (AvgIpc) is 3.06. The maximum Gasteiger partial charge on any atom is 0.156 e. The normalized spacial score (nSPS) is 10.8. The lowest BCUT2D eigenvalue weighted by molar-refractivity contribution is 0.416. The number of rotatable bonds is 3. The Morgan fingerprint density at radius 2 is 1.96 bits per heavy atom. The molecule has 0 spiro atoms. The molecule has 4 nitrogen and oxygen atoms in total. The van der Waals surface area contributed by atoms with Crippen molar-refractivity contribution in [1.29, 1.82) is 0 Å². The van der Waals surface area contributed by atoms with E-state index in [4.69, 9.17) is 4.74 Å². The van der Waals surface area contributed by atoms with Crippen molar-refractivity contribution in [3.05, 3.63) is 66.9 Å². The van der Waals surface area contributed by atoms with Gasteiger partial charge >= 0.3 is 0 Å². The molecule has 0 saturated heterocycles. The predicted octanol–water partition coefficient (Wildman–Crippen LogP) is 4.10. The minimum atomic E-state index is 0.757. The first kappa shape index (κ1) is 13.5. The van der Waals surface area contributed by atoms with E-state index in [1.54, 1.807) is 13.3 Å². The van der Waals surface area contributed by atoms with E-state index < -0.39 is 0 Å². The van der Waals surface area contributed by atoms with E-state index in [1.165, 1.54) is 0 Å². The number of benzene rings is 2. The summed E-state index contributed by atoms with van der Waals surface area (Å²) in [5.41, 5.74) is 4.69. The van der Waals surface area contributed by atoms with Crippen LogP contribution in [0.3, 0.4) is 0 Å². The van der Waals surface area contributed by atoms with E-state index in [0.717, 1.165) is 39.2 Å². The minimum Gasteiger partial charge on any atom is -0.496 e. The molecular weight excluding hydrogens is 286 g/mol. The molecular formula is C19H14N3O. The van der Waals surface area contributed by atoms with Crippen LogP contribution < -0.4 is 4.74 Å². The second kappa shape index (κ2) is 5.57. The third-order valence-corrected chi connectivity index (χ3v) is 3.84. The van der Waals surface area contributed by atoms with Crippen LogP contribution >= 0.6 is 0 Å². The monoisotopic (exact) mass is 300 g/mol. The number of hydrogen-bond donors (Lipinski definition) is 1. The first-order chi connectivity index (χ1) is 11.4. The van der Waals surface area contributed by atoms with Gasteiger partial charge in [0.2, 0.25) is 0 Å². The van der Waals surface area contributed by atoms with Crippen molar-refractivity contribution in [3.63, 3.8) is 0 Å². The highest BCUT2D eigenvalue weighted by Crippen LogP contribution is 2.37. The van der Waals surface area contributed by atoms with Crippen molar-refractivity contribution in [1.82, 2.24) is 15.2 Å². The van der Waals surface area contributed by atoms with E-state index >= 15 is 0 Å². The Labute approximate surface area is 133 Å². The van der Waals surface area contributed by atoms with Crippen LogP contribution in [0.1, 0.15) is 0 Å². The Balaban J connectivity index is 2.03. The summed E-state index contributed by atoms with van der Waals surface area (Å²) in [5, 5.41) is 8.49. The number of fused-ring (bicyclic) bond motifs is 1. The zero-order valence-corrected chi connectivity index (χ0v) is 12.6. The fraction of sp³-hybridized carbons (Fsp3) is 0.0526. The van der Waals surface area contributed by atoms with Gasteiger partial charge in [0.1, 0.15) is 11.4 Å². The number of aromatic nitrogens is 3. The Kier molecular flexibility index (Phi) is 3.27. The standard InChI is InChI=1S/C19H14N3O/c1-23-16-10-6-5-9-15(16)18-17-14(13-7-3-2-4-8-13)11-12-20-19(17)22-21-18/h2-3,5-12H,1H3,(H,20,21,22). The van der Waals surface area contributed by atoms with Gasteiger partial charge in [0.25, 0.3) is 0 Å². The van der Waals surface area contributed by atoms with Crippen molar-refractivity contribution in [2.75, 3.05) is 7.11 Å². The summed E-state index contributed by atoms with van der Waals surface area (Å²) in [6.07, 6.45) is 1.79. The number of aromatic amines is 1. The molecule has 0 unspecified atom stereocenters. The largest absolute Gasteiger partial charge is 0.496 e. The van der Waals surface area contributed by atoms with Crippen LogP contribution in [0.4, 0.5) is 0 Å². The molecule has 0 bridgehead atoms. The Bertz CT molecular complexity index is 961. The van der Waals surface area contributed by atoms with Gasteiger partial charge in [0.05, 0.1) is 12.5 Å². The Morgan fingerprint density at radius 1 is 1.04 bits per heavy atom. The van der Waals surface area contributed by atoms with Gasteiger partial charge in [0.15, 0.2) is 5.65 Å². The summed E-state index contributed by atoms with van der Waals surface area (Å²) < 4.78 is 5.48. The highest BCUT2D eigenvalue weighted by molar-refractivity contribution is 6.02. The van der Waals surface area contributed by atoms with Crippen molar-refractivity contribution >= 4 is 11.0 Å². The number of methoxy groups -OCH3 is 1. The summed E-state index contributed by atoms with van der Waals surface area (Å²) in [7, 11) is 1.67. The van der Waals surface area contributed by atoms with Gasteiger partial charge in [-0.05, 0) is 41.5 Å². The molecule has 0 aliphatic heterocycles. The van der Waals surface area contributed by atoms with Gasteiger partial charge in [0, 0.05) is 11.8 Å². The summed E-state index contributed by atoms with van der Waals surface area (Å²) in [6, 6.07) is 20.9. The first-order valence-corrected chi connectivity index (χ1v) is 7.31. The van der Waals surface area contributed by atoms with Gasteiger partial charge in [-0.1, -0.05) is 30.3 Å². The van der Waals surface area contributed by atoms with Crippen molar-refractivity contribution in [2.24, 2.45) is 0 Å². The zero-order chi connectivity index (χ0) is 15.6. The lowest BCUT2D eigenvalue weighted by Crippen LogP contribution is -1.89. The Morgan fingerprint density at radius 3 is 2.78 bits per heavy atom. The third-order valence-electron chi connectivity index (χ3n) is 3.84. The number of pyridine rings is 1. The number of nitrogens with zero attached hydrogens (tertiary/aromatic N) is 2. The first-order valence-electron chi connectivity index (χ1n) is 7.31. The topological polar surface area (TPSA) is 50.8 Å². The molecule has 0 atom stereocenters. The molecule has 2 heterocycles. The molecule has 4 rings (SSSR count). The highest BCUT2D eigenvalue weighted by Gasteiger charge is 2.16. The molecule has 0 aliphatic rings. The number of ether oxygens (including phenoxy) is 1. The Hall–Kier alpha value is -3.14. The molecule has 0 fully saturated rings. The third kappa shape index (κ3) is 2.25. The van der Waals surface area contributed by atoms with Crippen LogP contribution in [0.5, 0.6) is 5.75 Å². The van der Waals surface area contributed by atoms with Gasteiger partial charge in [-0.15, -0.1) is 0 Å². The molecule has 23 heavy (non-hydrogen) atoms. The van der Waals surface area contributed by atoms with Crippen molar-refractivity contribution in [3.8, 4) is 28.1 Å². The molecule has 111 valence electrons. The minimum absolute atomic E-state index is 0.757. The maximum atomic E-state index is 5.48. The fourth-order valence-electron chi connectivity index (χ4n) is 2.79. The molecule has 4 heteroatoms. The average molecular weight is 300 g/mol. The lowest BCUT2D eigenvalue weighted by atomic mass is 9.99. The fourth-order valence-corrected chi connectivity index (χ4v) is 2.79. The summed E-state index contributed by atoms with van der Waals surface area (Å²) in [6.45, 7) is 0. The van der Waals surface area contributed by atoms with Crippen LogP contribution in [-0.4, -0.2) is 22.3 Å². The number of para-hydroxylation sites is 1. The summed E-state index contributed by atoms with van der Waals surface area (Å²) >= 11 is 0. The highest BCUT2D eigenvalue weighted by atomic mass is 16.5. The molecule has 1 radical (unpaired) electrons. The van der Waals surface area contributed by atoms with E-state index in [0.29, 0.717) is 0 Å². The van der Waals surface area contributed by atoms with Gasteiger partial charge in [-0.25, -0.2) is 4.98 Å². The molecule has 4 aromatic rings. The second-order valence-corrected chi connectivity index (χ2v) is 5.15. The molecule has 1 N–H and O–H groups in total. The van der Waals surface area contributed by atoms with Crippen LogP contribution in [0, 0.1) is 6.07 Å². The quantitative estimate of drug-likeness (QED) is 0.619. The predicted molar refractivity (Wildman–Crippen MR) is 90.1 cm³/mol. The maximum absolute atomic E-state index is 5.48. The van der Waals surface area contributed by atoms with Crippen molar-refractivity contribution in [2.45, 2.75) is 0 Å². The van der Waals surface area contributed by atoms with Crippen molar-refractivity contribution < 1.29 is 4.74 Å². The SMILES string of the molecule is COc1ccccc1-c1n[nH]c2nccc(-c3c[c]ccc3)c12. The molecule has 2 aromatic heterocycles. The molecule has 0 aliphatic carbocycles. The van der Waals surface area contributed by atoms with E-state index in [-0.39, 0.29) is 0 Å². The van der Waals surface area contributed by atoms with E-state index in [2.05, 4.69) is 27.3 Å². The summed E-state index contributed by atoms with van der Waals surface area (Å²) in [4.78, 5) is 4.40. The van der Waals surface area contributed by atoms with Gasteiger partial charge in [-0.2, -0.15) is 5.10 Å². The van der Waals surface area contributed by atoms with Crippen LogP contribution in [0.25, 0.3) is 33.4 Å². The lowest BCUT2D eigenvalue weighted by Gasteiger charge is -2.08. The molecule has 2 aromatic carbocycles. The van der Waals surface area contributed by atoms with E-state index in [1.807, 2.05) is 48.5 Å². The second-order valence-electron chi connectivity index (χ2n) is 5.15. The molecule has 0 amide bonds. The van der Waals surface area contributed by atoms with Crippen LogP contribution in [-0.2, 0) is 0 Å².